The third kappa shape index (κ3) is 3.23. The maximum Gasteiger partial charge on any atom is 0.101 e. The van der Waals surface area contributed by atoms with Gasteiger partial charge in [-0.05, 0) is 32.5 Å². The van der Waals surface area contributed by atoms with Gasteiger partial charge in [-0.15, -0.1) is 11.8 Å². The molecular formula is C14H22N2S. The van der Waals surface area contributed by atoms with Gasteiger partial charge in [0, 0.05) is 22.5 Å². The molecule has 94 valence electrons. The molecule has 1 aliphatic heterocycles. The summed E-state index contributed by atoms with van der Waals surface area (Å²) in [6, 6.07) is 4.87. The molecule has 0 amide bonds. The Bertz CT molecular complexity index is 384. The standard InChI is InChI=1S/C14H22N2S/c1-14(2,3)17-13-11(7-5-9-15-13)12-8-6-10-16(12)4/h5,7,9,12H,6,8,10H2,1-4H3. The first kappa shape index (κ1) is 12.9. The van der Waals surface area contributed by atoms with Gasteiger partial charge in [-0.25, -0.2) is 4.98 Å². The second kappa shape index (κ2) is 4.99. The Morgan fingerprint density at radius 3 is 2.76 bits per heavy atom. The van der Waals surface area contributed by atoms with Crippen LogP contribution in [0.2, 0.25) is 0 Å². The quantitative estimate of drug-likeness (QED) is 0.744. The number of rotatable bonds is 2. The zero-order valence-electron chi connectivity index (χ0n) is 11.2. The number of hydrogen-bond donors (Lipinski definition) is 0. The van der Waals surface area contributed by atoms with Crippen molar-refractivity contribution in [2.45, 2.75) is 49.4 Å². The van der Waals surface area contributed by atoms with E-state index in [2.05, 4.69) is 49.8 Å². The first-order valence-corrected chi connectivity index (χ1v) is 7.13. The molecule has 0 spiro atoms. The molecule has 1 aromatic rings. The smallest absolute Gasteiger partial charge is 0.101 e. The van der Waals surface area contributed by atoms with Crippen LogP contribution >= 0.6 is 11.8 Å². The summed E-state index contributed by atoms with van der Waals surface area (Å²) in [5.74, 6) is 0. The second-order valence-electron chi connectivity index (χ2n) is 5.75. The fraction of sp³-hybridized carbons (Fsp3) is 0.643. The van der Waals surface area contributed by atoms with Crippen LogP contribution in [0.1, 0.15) is 45.2 Å². The van der Waals surface area contributed by atoms with E-state index in [-0.39, 0.29) is 4.75 Å². The number of nitrogens with zero attached hydrogens (tertiary/aromatic N) is 2. The van der Waals surface area contributed by atoms with Crippen molar-refractivity contribution >= 4 is 11.8 Å². The van der Waals surface area contributed by atoms with Crippen molar-refractivity contribution in [1.82, 2.24) is 9.88 Å². The minimum atomic E-state index is 0.222. The highest BCUT2D eigenvalue weighted by Crippen LogP contribution is 2.39. The fourth-order valence-corrected chi connectivity index (χ4v) is 3.35. The highest BCUT2D eigenvalue weighted by atomic mass is 32.2. The molecule has 1 fully saturated rings. The average Bonchev–Trinajstić information content (AvgIpc) is 2.63. The molecule has 1 aromatic heterocycles. The highest BCUT2D eigenvalue weighted by Gasteiger charge is 2.26. The van der Waals surface area contributed by atoms with Gasteiger partial charge in [0.2, 0.25) is 0 Å². The lowest BCUT2D eigenvalue weighted by molar-refractivity contribution is 0.313. The van der Waals surface area contributed by atoms with Crippen molar-refractivity contribution in [1.29, 1.82) is 0 Å². The van der Waals surface area contributed by atoms with Crippen LogP contribution in [-0.2, 0) is 0 Å². The van der Waals surface area contributed by atoms with E-state index < -0.39 is 0 Å². The lowest BCUT2D eigenvalue weighted by atomic mass is 10.1. The third-order valence-electron chi connectivity index (χ3n) is 3.08. The molecule has 0 aliphatic carbocycles. The Balaban J connectivity index is 2.27. The third-order valence-corrected chi connectivity index (χ3v) is 4.23. The van der Waals surface area contributed by atoms with Gasteiger partial charge in [0.05, 0.1) is 0 Å². The lowest BCUT2D eigenvalue weighted by Gasteiger charge is -2.24. The lowest BCUT2D eigenvalue weighted by Crippen LogP contribution is -2.19. The van der Waals surface area contributed by atoms with Gasteiger partial charge in [0.1, 0.15) is 5.03 Å². The molecule has 17 heavy (non-hydrogen) atoms. The summed E-state index contributed by atoms with van der Waals surface area (Å²) in [6.07, 6.45) is 4.47. The zero-order chi connectivity index (χ0) is 12.5. The summed E-state index contributed by atoms with van der Waals surface area (Å²) < 4.78 is 0.222. The monoisotopic (exact) mass is 250 g/mol. The SMILES string of the molecule is CN1CCCC1c1cccnc1SC(C)(C)C. The molecule has 0 N–H and O–H groups in total. The molecule has 2 rings (SSSR count). The summed E-state index contributed by atoms with van der Waals surface area (Å²) >= 11 is 1.88. The maximum atomic E-state index is 4.58. The van der Waals surface area contributed by atoms with Gasteiger partial charge >= 0.3 is 0 Å². The van der Waals surface area contributed by atoms with Crippen LogP contribution in [0.25, 0.3) is 0 Å². The van der Waals surface area contributed by atoms with Gasteiger partial charge in [-0.1, -0.05) is 26.8 Å². The number of aromatic nitrogens is 1. The van der Waals surface area contributed by atoms with Gasteiger partial charge in [0.25, 0.3) is 0 Å². The van der Waals surface area contributed by atoms with Crippen molar-refractivity contribution in [3.63, 3.8) is 0 Å². The fourth-order valence-electron chi connectivity index (χ4n) is 2.34. The van der Waals surface area contributed by atoms with E-state index in [1.807, 2.05) is 18.0 Å². The van der Waals surface area contributed by atoms with Crippen LogP contribution < -0.4 is 0 Å². The van der Waals surface area contributed by atoms with E-state index in [9.17, 15) is 0 Å². The summed E-state index contributed by atoms with van der Waals surface area (Å²) in [5, 5.41) is 1.21. The van der Waals surface area contributed by atoms with Crippen LogP contribution in [0.5, 0.6) is 0 Å². The van der Waals surface area contributed by atoms with Gasteiger partial charge < -0.3 is 0 Å². The van der Waals surface area contributed by atoms with E-state index in [0.29, 0.717) is 6.04 Å². The molecule has 1 saturated heterocycles. The molecule has 2 heterocycles. The number of thioether (sulfide) groups is 1. The molecule has 0 bridgehead atoms. The largest absolute Gasteiger partial charge is 0.299 e. The molecule has 1 unspecified atom stereocenters. The summed E-state index contributed by atoms with van der Waals surface area (Å²) in [7, 11) is 2.22. The van der Waals surface area contributed by atoms with Crippen molar-refractivity contribution in [2.75, 3.05) is 13.6 Å². The molecule has 1 aliphatic rings. The van der Waals surface area contributed by atoms with Crippen LogP contribution in [0, 0.1) is 0 Å². The van der Waals surface area contributed by atoms with Gasteiger partial charge in [-0.3, -0.25) is 4.90 Å². The topological polar surface area (TPSA) is 16.1 Å². The Morgan fingerprint density at radius 2 is 2.18 bits per heavy atom. The van der Waals surface area contributed by atoms with Crippen molar-refractivity contribution in [3.05, 3.63) is 23.9 Å². The minimum Gasteiger partial charge on any atom is -0.299 e. The second-order valence-corrected chi connectivity index (χ2v) is 7.57. The van der Waals surface area contributed by atoms with Gasteiger partial charge in [0.15, 0.2) is 0 Å². The minimum absolute atomic E-state index is 0.222. The summed E-state index contributed by atoms with van der Waals surface area (Å²) in [6.45, 7) is 7.94. The first-order chi connectivity index (χ1) is 7.97. The maximum absolute atomic E-state index is 4.58. The van der Waals surface area contributed by atoms with Crippen LogP contribution in [-0.4, -0.2) is 28.2 Å². The number of hydrogen-bond acceptors (Lipinski definition) is 3. The van der Waals surface area contributed by atoms with E-state index in [0.717, 1.165) is 0 Å². The molecule has 0 aromatic carbocycles. The van der Waals surface area contributed by atoms with Gasteiger partial charge in [-0.2, -0.15) is 0 Å². The molecule has 0 saturated carbocycles. The normalized spacial score (nSPS) is 22.0. The molecule has 3 heteroatoms. The average molecular weight is 250 g/mol. The zero-order valence-corrected chi connectivity index (χ0v) is 12.0. The Morgan fingerprint density at radius 1 is 1.41 bits per heavy atom. The predicted octanol–water partition coefficient (Wildman–Crippen LogP) is 3.74. The predicted molar refractivity (Wildman–Crippen MR) is 74.5 cm³/mol. The Hall–Kier alpha value is -0.540. The van der Waals surface area contributed by atoms with Crippen LogP contribution in [0.3, 0.4) is 0 Å². The highest BCUT2D eigenvalue weighted by molar-refractivity contribution is 8.00. The van der Waals surface area contributed by atoms with E-state index in [4.69, 9.17) is 0 Å². The van der Waals surface area contributed by atoms with Crippen molar-refractivity contribution < 1.29 is 0 Å². The van der Waals surface area contributed by atoms with Crippen LogP contribution in [0.4, 0.5) is 0 Å². The molecular weight excluding hydrogens is 228 g/mol. The first-order valence-electron chi connectivity index (χ1n) is 6.31. The van der Waals surface area contributed by atoms with E-state index >= 15 is 0 Å². The number of pyridine rings is 1. The Kier molecular flexibility index (Phi) is 3.79. The molecule has 0 radical (unpaired) electrons. The van der Waals surface area contributed by atoms with E-state index in [1.54, 1.807) is 0 Å². The molecule has 1 atom stereocenters. The van der Waals surface area contributed by atoms with Crippen molar-refractivity contribution in [2.24, 2.45) is 0 Å². The summed E-state index contributed by atoms with van der Waals surface area (Å²) in [4.78, 5) is 7.03. The summed E-state index contributed by atoms with van der Waals surface area (Å²) in [5.41, 5.74) is 1.41. The number of likely N-dealkylation sites (tertiary alicyclic amines) is 1. The Labute approximate surface area is 109 Å². The van der Waals surface area contributed by atoms with Crippen LogP contribution in [0.15, 0.2) is 23.4 Å². The van der Waals surface area contributed by atoms with Crippen molar-refractivity contribution in [3.8, 4) is 0 Å². The molecule has 2 nitrogen and oxygen atoms in total. The van der Waals surface area contributed by atoms with E-state index in [1.165, 1.54) is 30.0 Å².